The van der Waals surface area contributed by atoms with Crippen molar-refractivity contribution in [2.24, 2.45) is 0 Å². The van der Waals surface area contributed by atoms with Gasteiger partial charge in [0.2, 0.25) is 0 Å². The van der Waals surface area contributed by atoms with E-state index in [9.17, 15) is 0 Å². The Labute approximate surface area is 116 Å². The van der Waals surface area contributed by atoms with E-state index in [0.717, 1.165) is 21.7 Å². The minimum Gasteiger partial charge on any atom is -0.497 e. The molecule has 0 aliphatic rings. The van der Waals surface area contributed by atoms with Gasteiger partial charge in [0, 0.05) is 18.9 Å². The normalized spacial score (nSPS) is 10.2. The largest absolute Gasteiger partial charge is 0.497 e. The van der Waals surface area contributed by atoms with Crippen molar-refractivity contribution >= 4 is 27.4 Å². The molecule has 0 amide bonds. The Hall–Kier alpha value is -1.55. The van der Waals surface area contributed by atoms with Crippen molar-refractivity contribution in [3.8, 4) is 5.75 Å². The van der Waals surface area contributed by atoms with Crippen molar-refractivity contribution in [3.63, 3.8) is 0 Å². The predicted octanol–water partition coefficient (Wildman–Crippen LogP) is 3.93. The molecular weight excluding hydrogens is 292 g/mol. The number of rotatable bonds is 3. The zero-order valence-electron chi connectivity index (χ0n) is 10.6. The van der Waals surface area contributed by atoms with Gasteiger partial charge in [0.05, 0.1) is 11.6 Å². The van der Waals surface area contributed by atoms with Gasteiger partial charge >= 0.3 is 0 Å². The van der Waals surface area contributed by atoms with E-state index < -0.39 is 0 Å². The van der Waals surface area contributed by atoms with Crippen LogP contribution in [0.25, 0.3) is 0 Å². The number of pyridine rings is 1. The summed E-state index contributed by atoms with van der Waals surface area (Å²) in [6.07, 6.45) is 1.81. The highest BCUT2D eigenvalue weighted by Crippen LogP contribution is 2.31. The van der Waals surface area contributed by atoms with Gasteiger partial charge in [0.1, 0.15) is 11.6 Å². The molecule has 0 spiro atoms. The molecule has 18 heavy (non-hydrogen) atoms. The molecule has 4 heteroatoms. The molecule has 1 aromatic heterocycles. The predicted molar refractivity (Wildman–Crippen MR) is 77.7 cm³/mol. The lowest BCUT2D eigenvalue weighted by Crippen LogP contribution is -2.12. The highest BCUT2D eigenvalue weighted by atomic mass is 79.9. The summed E-state index contributed by atoms with van der Waals surface area (Å²) >= 11 is 3.58. The van der Waals surface area contributed by atoms with Gasteiger partial charge in [-0.25, -0.2) is 4.98 Å². The quantitative estimate of drug-likeness (QED) is 0.859. The molecule has 1 heterocycles. The summed E-state index contributed by atoms with van der Waals surface area (Å²) in [4.78, 5) is 6.44. The highest BCUT2D eigenvalue weighted by Gasteiger charge is 2.10. The number of nitrogens with zero attached hydrogens (tertiary/aromatic N) is 2. The van der Waals surface area contributed by atoms with Crippen molar-refractivity contribution in [2.75, 3.05) is 19.1 Å². The summed E-state index contributed by atoms with van der Waals surface area (Å²) in [5.41, 5.74) is 2.23. The van der Waals surface area contributed by atoms with Gasteiger partial charge in [0.25, 0.3) is 0 Å². The Bertz CT molecular complexity index is 540. The zero-order chi connectivity index (χ0) is 13.1. The van der Waals surface area contributed by atoms with Crippen LogP contribution < -0.4 is 9.64 Å². The van der Waals surface area contributed by atoms with Crippen LogP contribution >= 0.6 is 15.9 Å². The third-order valence-corrected chi connectivity index (χ3v) is 3.82. The Morgan fingerprint density at radius 2 is 1.83 bits per heavy atom. The number of methoxy groups -OCH3 is 1. The number of hydrogen-bond donors (Lipinski definition) is 0. The monoisotopic (exact) mass is 306 g/mol. The molecular formula is C14H15BrN2O. The van der Waals surface area contributed by atoms with Crippen molar-refractivity contribution in [1.82, 2.24) is 4.98 Å². The van der Waals surface area contributed by atoms with E-state index in [1.807, 2.05) is 48.5 Å². The smallest absolute Gasteiger partial charge is 0.147 e. The average Bonchev–Trinajstić information content (AvgIpc) is 2.41. The molecule has 94 valence electrons. The maximum absolute atomic E-state index is 5.15. The Morgan fingerprint density at radius 1 is 1.17 bits per heavy atom. The molecule has 0 bridgehead atoms. The first-order valence-electron chi connectivity index (χ1n) is 5.62. The van der Waals surface area contributed by atoms with E-state index >= 15 is 0 Å². The summed E-state index contributed by atoms with van der Waals surface area (Å²) in [6, 6.07) is 9.88. The number of ether oxygens (including phenoxy) is 1. The van der Waals surface area contributed by atoms with Crippen LogP contribution in [0.4, 0.5) is 11.5 Å². The lowest BCUT2D eigenvalue weighted by Gasteiger charge is -2.20. The Morgan fingerprint density at radius 3 is 2.44 bits per heavy atom. The molecule has 0 radical (unpaired) electrons. The van der Waals surface area contributed by atoms with Gasteiger partial charge in [-0.3, -0.25) is 0 Å². The van der Waals surface area contributed by atoms with Crippen LogP contribution in [0, 0.1) is 6.92 Å². The molecule has 3 nitrogen and oxygen atoms in total. The second-order valence-corrected chi connectivity index (χ2v) is 4.82. The van der Waals surface area contributed by atoms with Crippen LogP contribution in [-0.2, 0) is 0 Å². The van der Waals surface area contributed by atoms with Gasteiger partial charge in [-0.15, -0.1) is 0 Å². The van der Waals surface area contributed by atoms with Crippen molar-refractivity contribution in [2.45, 2.75) is 6.92 Å². The lowest BCUT2D eigenvalue weighted by atomic mass is 10.2. The van der Waals surface area contributed by atoms with Gasteiger partial charge in [-0.2, -0.15) is 0 Å². The third-order valence-electron chi connectivity index (χ3n) is 2.84. The molecule has 0 saturated heterocycles. The molecule has 0 fully saturated rings. The molecule has 2 rings (SSSR count). The van der Waals surface area contributed by atoms with Crippen LogP contribution in [0.15, 0.2) is 41.0 Å². The number of hydrogen-bond acceptors (Lipinski definition) is 3. The Kier molecular flexibility index (Phi) is 3.87. The molecule has 1 aromatic carbocycles. The highest BCUT2D eigenvalue weighted by molar-refractivity contribution is 9.10. The molecule has 0 N–H and O–H groups in total. The van der Waals surface area contributed by atoms with E-state index in [4.69, 9.17) is 4.74 Å². The number of aromatic nitrogens is 1. The fraction of sp³-hybridized carbons (Fsp3) is 0.214. The van der Waals surface area contributed by atoms with Crippen molar-refractivity contribution in [3.05, 3.63) is 46.6 Å². The van der Waals surface area contributed by atoms with Crippen LogP contribution in [0.3, 0.4) is 0 Å². The number of aryl methyl sites for hydroxylation is 1. The van der Waals surface area contributed by atoms with Crippen molar-refractivity contribution in [1.29, 1.82) is 0 Å². The van der Waals surface area contributed by atoms with E-state index in [1.54, 1.807) is 7.11 Å². The fourth-order valence-electron chi connectivity index (χ4n) is 1.69. The van der Waals surface area contributed by atoms with Crippen molar-refractivity contribution < 1.29 is 4.74 Å². The second kappa shape index (κ2) is 5.40. The first kappa shape index (κ1) is 12.9. The van der Waals surface area contributed by atoms with Crippen LogP contribution in [0.2, 0.25) is 0 Å². The number of anilines is 2. The summed E-state index contributed by atoms with van der Waals surface area (Å²) < 4.78 is 6.17. The van der Waals surface area contributed by atoms with E-state index in [-0.39, 0.29) is 0 Å². The first-order valence-corrected chi connectivity index (χ1v) is 6.41. The second-order valence-electron chi connectivity index (χ2n) is 4.02. The molecule has 0 aliphatic heterocycles. The van der Waals surface area contributed by atoms with Gasteiger partial charge < -0.3 is 9.64 Å². The molecule has 0 aliphatic carbocycles. The SMILES string of the molecule is COc1ccc(N(C)c2nccc(C)c2Br)cc1. The van der Waals surface area contributed by atoms with E-state index in [1.165, 1.54) is 5.56 Å². The van der Waals surface area contributed by atoms with Gasteiger partial charge in [-0.05, 0) is 58.7 Å². The summed E-state index contributed by atoms with van der Waals surface area (Å²) in [5, 5.41) is 0. The summed E-state index contributed by atoms with van der Waals surface area (Å²) in [6.45, 7) is 2.05. The summed E-state index contributed by atoms with van der Waals surface area (Å²) in [5.74, 6) is 1.75. The lowest BCUT2D eigenvalue weighted by molar-refractivity contribution is 0.415. The molecule has 2 aromatic rings. The zero-order valence-corrected chi connectivity index (χ0v) is 12.2. The van der Waals surface area contributed by atoms with E-state index in [2.05, 4.69) is 27.8 Å². The van der Waals surface area contributed by atoms with Crippen LogP contribution in [-0.4, -0.2) is 19.1 Å². The standard InChI is InChI=1S/C14H15BrN2O/c1-10-8-9-16-14(13(10)15)17(2)11-4-6-12(18-3)7-5-11/h4-9H,1-3H3. The van der Waals surface area contributed by atoms with Crippen LogP contribution in [0.1, 0.15) is 5.56 Å². The first-order chi connectivity index (χ1) is 8.63. The number of halogens is 1. The Balaban J connectivity index is 2.35. The maximum atomic E-state index is 5.15. The minimum atomic E-state index is 0.850. The fourth-order valence-corrected chi connectivity index (χ4v) is 2.19. The molecule has 0 unspecified atom stereocenters. The molecule has 0 saturated carbocycles. The maximum Gasteiger partial charge on any atom is 0.147 e. The topological polar surface area (TPSA) is 25.4 Å². The van der Waals surface area contributed by atoms with E-state index in [0.29, 0.717) is 0 Å². The minimum absolute atomic E-state index is 0.850. The summed E-state index contributed by atoms with van der Waals surface area (Å²) in [7, 11) is 3.66. The average molecular weight is 307 g/mol. The van der Waals surface area contributed by atoms with Gasteiger partial charge in [-0.1, -0.05) is 0 Å². The number of benzene rings is 1. The third kappa shape index (κ3) is 2.48. The van der Waals surface area contributed by atoms with Crippen LogP contribution in [0.5, 0.6) is 5.75 Å². The van der Waals surface area contributed by atoms with Gasteiger partial charge in [0.15, 0.2) is 0 Å². The molecule has 0 atom stereocenters.